The summed E-state index contributed by atoms with van der Waals surface area (Å²) in [6.07, 6.45) is 4.32. The molecule has 1 aromatic carbocycles. The normalized spacial score (nSPS) is 20.6. The first-order valence-electron chi connectivity index (χ1n) is 11.3. The second kappa shape index (κ2) is 10.8. The minimum absolute atomic E-state index is 0.000487. The van der Waals surface area contributed by atoms with Crippen molar-refractivity contribution in [2.24, 2.45) is 4.99 Å². The lowest BCUT2D eigenvalue weighted by Crippen LogP contribution is -2.59. The summed E-state index contributed by atoms with van der Waals surface area (Å²) in [6.45, 7) is 15.9. The molecule has 1 saturated heterocycles. The number of aliphatic imine (C=N–C) groups is 1. The zero-order valence-electron chi connectivity index (χ0n) is 19.6. The van der Waals surface area contributed by atoms with Crippen LogP contribution in [0.25, 0.3) is 0 Å². The molecule has 0 spiro atoms. The van der Waals surface area contributed by atoms with Crippen molar-refractivity contribution in [3.05, 3.63) is 53.9 Å². The minimum Gasteiger partial charge on any atom is -0.373 e. The maximum absolute atomic E-state index is 5.91. The van der Waals surface area contributed by atoms with Gasteiger partial charge in [0, 0.05) is 44.1 Å². The maximum atomic E-state index is 5.91. The Bertz CT molecular complexity index is 822. The first-order valence-corrected chi connectivity index (χ1v) is 11.3. The Kier molecular flexibility index (Phi) is 8.09. The summed E-state index contributed by atoms with van der Waals surface area (Å²) in [7, 11) is 0. The highest BCUT2D eigenvalue weighted by molar-refractivity contribution is 5.79. The lowest BCUT2D eigenvalue weighted by atomic mass is 10.00. The van der Waals surface area contributed by atoms with Crippen LogP contribution in [0.4, 0.5) is 0 Å². The molecule has 2 atom stereocenters. The average molecular weight is 427 g/mol. The van der Waals surface area contributed by atoms with Gasteiger partial charge in [-0.2, -0.15) is 5.10 Å². The molecule has 1 fully saturated rings. The SMILES string of the molecule is CCNC(=NCc1ccccc1Cn1cccn1)NCC(C)(C)N1CC(C)OC(C)C1. The second-order valence-corrected chi connectivity index (χ2v) is 9.00. The van der Waals surface area contributed by atoms with Crippen molar-refractivity contribution in [3.8, 4) is 0 Å². The number of aromatic nitrogens is 2. The number of morpholine rings is 1. The number of benzene rings is 1. The highest BCUT2D eigenvalue weighted by Gasteiger charge is 2.33. The molecule has 2 unspecified atom stereocenters. The summed E-state index contributed by atoms with van der Waals surface area (Å²) >= 11 is 0. The van der Waals surface area contributed by atoms with Crippen LogP contribution in [0.3, 0.4) is 0 Å². The Morgan fingerprint density at radius 1 is 1.13 bits per heavy atom. The summed E-state index contributed by atoms with van der Waals surface area (Å²) in [6, 6.07) is 10.4. The molecule has 7 heteroatoms. The van der Waals surface area contributed by atoms with Crippen LogP contribution in [0.15, 0.2) is 47.7 Å². The number of hydrogen-bond donors (Lipinski definition) is 2. The van der Waals surface area contributed by atoms with E-state index >= 15 is 0 Å². The van der Waals surface area contributed by atoms with E-state index in [1.54, 1.807) is 0 Å². The van der Waals surface area contributed by atoms with Crippen molar-refractivity contribution in [1.82, 2.24) is 25.3 Å². The van der Waals surface area contributed by atoms with Crippen LogP contribution in [-0.2, 0) is 17.8 Å². The van der Waals surface area contributed by atoms with Crippen molar-refractivity contribution in [1.29, 1.82) is 0 Å². The van der Waals surface area contributed by atoms with Gasteiger partial charge in [-0.1, -0.05) is 24.3 Å². The van der Waals surface area contributed by atoms with E-state index in [1.165, 1.54) is 11.1 Å². The molecule has 2 heterocycles. The molecule has 0 radical (unpaired) electrons. The van der Waals surface area contributed by atoms with E-state index in [2.05, 4.69) is 79.5 Å². The molecule has 2 N–H and O–H groups in total. The van der Waals surface area contributed by atoms with E-state index in [1.807, 2.05) is 23.1 Å². The van der Waals surface area contributed by atoms with Gasteiger partial charge in [-0.3, -0.25) is 9.58 Å². The van der Waals surface area contributed by atoms with Crippen LogP contribution in [-0.4, -0.2) is 64.6 Å². The Labute approximate surface area is 186 Å². The van der Waals surface area contributed by atoms with Crippen LogP contribution >= 0.6 is 0 Å². The topological polar surface area (TPSA) is 66.7 Å². The smallest absolute Gasteiger partial charge is 0.191 e. The van der Waals surface area contributed by atoms with Crippen LogP contribution < -0.4 is 10.6 Å². The van der Waals surface area contributed by atoms with Crippen LogP contribution in [0.5, 0.6) is 0 Å². The first-order chi connectivity index (χ1) is 14.9. The molecule has 3 rings (SSSR count). The number of hydrogen-bond acceptors (Lipinski definition) is 4. The predicted molar refractivity (Wildman–Crippen MR) is 126 cm³/mol. The number of nitrogens with zero attached hydrogens (tertiary/aromatic N) is 4. The third-order valence-electron chi connectivity index (χ3n) is 5.73. The Hall–Kier alpha value is -2.38. The van der Waals surface area contributed by atoms with Crippen molar-refractivity contribution in [3.63, 3.8) is 0 Å². The zero-order chi connectivity index (χ0) is 22.3. The van der Waals surface area contributed by atoms with Gasteiger partial charge in [0.2, 0.25) is 0 Å². The average Bonchev–Trinajstić information content (AvgIpc) is 3.23. The van der Waals surface area contributed by atoms with Crippen molar-refractivity contribution in [2.45, 2.75) is 65.5 Å². The minimum atomic E-state index is 0.000487. The van der Waals surface area contributed by atoms with Crippen LogP contribution in [0, 0.1) is 0 Å². The van der Waals surface area contributed by atoms with Gasteiger partial charge in [0.25, 0.3) is 0 Å². The molecule has 7 nitrogen and oxygen atoms in total. The highest BCUT2D eigenvalue weighted by atomic mass is 16.5. The van der Waals surface area contributed by atoms with Gasteiger partial charge in [0.05, 0.1) is 25.3 Å². The Morgan fingerprint density at radius 3 is 2.48 bits per heavy atom. The van der Waals surface area contributed by atoms with E-state index in [0.717, 1.165) is 38.7 Å². The van der Waals surface area contributed by atoms with Crippen molar-refractivity contribution in [2.75, 3.05) is 26.2 Å². The predicted octanol–water partition coefficient (Wildman–Crippen LogP) is 2.87. The fourth-order valence-electron chi connectivity index (χ4n) is 4.02. The Balaban J connectivity index is 1.64. The molecular weight excluding hydrogens is 388 g/mol. The summed E-state index contributed by atoms with van der Waals surface area (Å²) < 4.78 is 7.85. The van der Waals surface area contributed by atoms with Gasteiger partial charge in [0.15, 0.2) is 5.96 Å². The zero-order valence-corrected chi connectivity index (χ0v) is 19.6. The lowest BCUT2D eigenvalue weighted by Gasteiger charge is -2.45. The summed E-state index contributed by atoms with van der Waals surface area (Å²) in [5.74, 6) is 0.846. The third kappa shape index (κ3) is 6.80. The molecule has 170 valence electrons. The monoisotopic (exact) mass is 426 g/mol. The third-order valence-corrected chi connectivity index (χ3v) is 5.73. The molecule has 2 aromatic rings. The van der Waals surface area contributed by atoms with Gasteiger partial charge in [-0.05, 0) is 51.8 Å². The van der Waals surface area contributed by atoms with Gasteiger partial charge in [0.1, 0.15) is 0 Å². The Morgan fingerprint density at radius 2 is 1.84 bits per heavy atom. The molecule has 0 saturated carbocycles. The number of rotatable bonds is 8. The van der Waals surface area contributed by atoms with E-state index < -0.39 is 0 Å². The summed E-state index contributed by atoms with van der Waals surface area (Å²) in [5.41, 5.74) is 2.45. The number of guanidine groups is 1. The summed E-state index contributed by atoms with van der Waals surface area (Å²) in [4.78, 5) is 7.39. The molecule has 1 aromatic heterocycles. The molecule has 31 heavy (non-hydrogen) atoms. The van der Waals surface area contributed by atoms with E-state index in [-0.39, 0.29) is 17.7 Å². The van der Waals surface area contributed by atoms with Crippen molar-refractivity contribution >= 4 is 5.96 Å². The lowest BCUT2D eigenvalue weighted by molar-refractivity contribution is -0.0946. The molecule has 0 amide bonds. The van der Waals surface area contributed by atoms with Gasteiger partial charge in [-0.15, -0.1) is 0 Å². The molecule has 0 aliphatic carbocycles. The van der Waals surface area contributed by atoms with E-state index in [0.29, 0.717) is 6.54 Å². The highest BCUT2D eigenvalue weighted by Crippen LogP contribution is 2.20. The molecule has 0 bridgehead atoms. The second-order valence-electron chi connectivity index (χ2n) is 9.00. The largest absolute Gasteiger partial charge is 0.373 e. The summed E-state index contributed by atoms with van der Waals surface area (Å²) in [5, 5.41) is 11.3. The fraction of sp³-hybridized carbons (Fsp3) is 0.583. The van der Waals surface area contributed by atoms with Gasteiger partial charge < -0.3 is 15.4 Å². The molecule has 1 aliphatic heterocycles. The maximum Gasteiger partial charge on any atom is 0.191 e. The fourth-order valence-corrected chi connectivity index (χ4v) is 4.02. The van der Waals surface area contributed by atoms with Crippen LogP contribution in [0.2, 0.25) is 0 Å². The van der Waals surface area contributed by atoms with Crippen LogP contribution in [0.1, 0.15) is 45.7 Å². The van der Waals surface area contributed by atoms with Gasteiger partial charge in [-0.25, -0.2) is 4.99 Å². The van der Waals surface area contributed by atoms with E-state index in [4.69, 9.17) is 9.73 Å². The van der Waals surface area contributed by atoms with E-state index in [9.17, 15) is 0 Å². The number of ether oxygens (including phenoxy) is 1. The molecule has 1 aliphatic rings. The van der Waals surface area contributed by atoms with Crippen molar-refractivity contribution < 1.29 is 4.74 Å². The molecular formula is C24H38N6O. The number of nitrogens with one attached hydrogen (secondary N) is 2. The standard InChI is InChI=1S/C24H38N6O/c1-6-25-23(27-18-24(4,5)29-15-19(2)31-20(3)16-29)26-14-21-10-7-8-11-22(21)17-30-13-9-12-28-30/h7-13,19-20H,6,14-18H2,1-5H3,(H2,25,26,27). The van der Waals surface area contributed by atoms with Gasteiger partial charge >= 0.3 is 0 Å². The first kappa shape index (κ1) is 23.3. The quantitative estimate of drug-likeness (QED) is 0.502.